The maximum absolute atomic E-state index is 15.4. The first-order valence-electron chi connectivity index (χ1n) is 18.0. The molecule has 1 aliphatic rings. The molecule has 2 heterocycles. The number of thiol groups is 2. The lowest BCUT2D eigenvalue weighted by Crippen LogP contribution is -2.14. The Kier molecular flexibility index (Phi) is 11.0. The SMILES string of the molecule is O=C(Oc1ccc(C2=N/C(=N\c3c(-c4ccccc4)cc(-c4ccc(OC(=O)c5ccccc5S)cc4)n3B(F)F)C(c3ccccc3)=C2)cc1)c1ccccc1S. The van der Waals surface area contributed by atoms with Crippen molar-refractivity contribution in [1.82, 2.24) is 4.48 Å². The van der Waals surface area contributed by atoms with E-state index in [1.165, 1.54) is 0 Å². The number of amidine groups is 1. The van der Waals surface area contributed by atoms with Gasteiger partial charge < -0.3 is 14.0 Å². The number of allylic oxidation sites excluding steroid dienone is 1. The first-order chi connectivity index (χ1) is 28.2. The summed E-state index contributed by atoms with van der Waals surface area (Å²) >= 11 is 8.70. The molecule has 0 saturated heterocycles. The fourth-order valence-electron chi connectivity index (χ4n) is 6.45. The minimum Gasteiger partial charge on any atom is -0.423 e. The van der Waals surface area contributed by atoms with E-state index < -0.39 is 19.3 Å². The molecular weight excluding hydrogens is 771 g/mol. The van der Waals surface area contributed by atoms with Crippen molar-refractivity contribution in [2.75, 3.05) is 0 Å². The van der Waals surface area contributed by atoms with Crippen LogP contribution in [0.3, 0.4) is 0 Å². The van der Waals surface area contributed by atoms with Gasteiger partial charge in [0.25, 0.3) is 0 Å². The Bertz CT molecular complexity index is 2760. The van der Waals surface area contributed by atoms with Gasteiger partial charge in [0.2, 0.25) is 0 Å². The highest BCUT2D eigenvalue weighted by Crippen LogP contribution is 2.41. The van der Waals surface area contributed by atoms with Gasteiger partial charge in [0, 0.05) is 32.2 Å². The summed E-state index contributed by atoms with van der Waals surface area (Å²) in [5.41, 5.74) is 5.09. The fraction of sp³-hybridized carbons (Fsp3) is 0. The highest BCUT2D eigenvalue weighted by atomic mass is 32.1. The molecular formula is C46H30BF2N3O4S2. The first-order valence-corrected chi connectivity index (χ1v) is 18.9. The molecule has 0 radical (unpaired) electrons. The van der Waals surface area contributed by atoms with Crippen molar-refractivity contribution in [3.8, 4) is 33.9 Å². The van der Waals surface area contributed by atoms with Crippen LogP contribution in [0.4, 0.5) is 14.4 Å². The predicted octanol–water partition coefficient (Wildman–Crippen LogP) is 11.2. The molecule has 0 aliphatic carbocycles. The van der Waals surface area contributed by atoms with Gasteiger partial charge in [-0.2, -0.15) is 0 Å². The quantitative estimate of drug-likeness (QED) is 0.0625. The van der Waals surface area contributed by atoms with Crippen molar-refractivity contribution in [2.24, 2.45) is 9.98 Å². The summed E-state index contributed by atoms with van der Waals surface area (Å²) < 4.78 is 42.9. The summed E-state index contributed by atoms with van der Waals surface area (Å²) in [7, 11) is -2.99. The second-order valence-electron chi connectivity index (χ2n) is 13.0. The molecule has 0 spiro atoms. The number of carbonyl (C=O) groups excluding carboxylic acids is 2. The van der Waals surface area contributed by atoms with Crippen molar-refractivity contribution >= 4 is 67.5 Å². The monoisotopic (exact) mass is 801 g/mol. The lowest BCUT2D eigenvalue weighted by molar-refractivity contribution is 0.0721. The van der Waals surface area contributed by atoms with Crippen LogP contribution in [-0.2, 0) is 0 Å². The van der Waals surface area contributed by atoms with E-state index in [-0.39, 0.29) is 23.1 Å². The topological polar surface area (TPSA) is 82.2 Å². The molecule has 1 aliphatic heterocycles. The highest BCUT2D eigenvalue weighted by molar-refractivity contribution is 7.80. The van der Waals surface area contributed by atoms with E-state index in [0.29, 0.717) is 60.2 Å². The van der Waals surface area contributed by atoms with Crippen LogP contribution in [0, 0.1) is 0 Å². The zero-order valence-corrected chi connectivity index (χ0v) is 32.2. The summed E-state index contributed by atoms with van der Waals surface area (Å²) in [6.07, 6.45) is 1.86. The molecule has 0 amide bonds. The van der Waals surface area contributed by atoms with Gasteiger partial charge in [0.05, 0.1) is 16.8 Å². The minimum absolute atomic E-state index is 0.00523. The maximum Gasteiger partial charge on any atom is 0.679 e. The number of aromatic nitrogens is 1. The largest absolute Gasteiger partial charge is 0.679 e. The Morgan fingerprint density at radius 1 is 0.586 bits per heavy atom. The van der Waals surface area contributed by atoms with Crippen LogP contribution in [0.1, 0.15) is 31.8 Å². The fourth-order valence-corrected chi connectivity index (χ4v) is 6.96. The van der Waals surface area contributed by atoms with Gasteiger partial charge in [-0.15, -0.1) is 25.3 Å². The molecule has 8 rings (SSSR count). The van der Waals surface area contributed by atoms with E-state index in [1.807, 2.05) is 66.7 Å². The zero-order valence-electron chi connectivity index (χ0n) is 30.4. The van der Waals surface area contributed by atoms with E-state index in [9.17, 15) is 9.59 Å². The van der Waals surface area contributed by atoms with Crippen molar-refractivity contribution in [2.45, 2.75) is 9.79 Å². The summed E-state index contributed by atoms with van der Waals surface area (Å²) in [5, 5.41) is 0. The summed E-state index contributed by atoms with van der Waals surface area (Å²) in [6, 6.07) is 47.2. The summed E-state index contributed by atoms with van der Waals surface area (Å²) in [6.45, 7) is 0. The minimum atomic E-state index is -2.99. The smallest absolute Gasteiger partial charge is 0.423 e. The van der Waals surface area contributed by atoms with E-state index >= 15 is 8.63 Å². The summed E-state index contributed by atoms with van der Waals surface area (Å²) in [5.74, 6) is -0.323. The number of halogens is 2. The molecule has 6 aromatic carbocycles. The standard InChI is InChI=1S/C46H30BF2N3O4S2/c48-47(49)52-40(32-21-25-34(26-22-32)56-46(54)36-16-8-10-18-42(36)58)28-38(30-13-5-2-6-14-30)44(52)51-43-37(29-11-3-1-4-12-29)27-39(50-43)31-19-23-33(24-20-31)55-45(53)35-15-7-9-17-41(35)57/h1-28,57-58H/b51-43-. The van der Waals surface area contributed by atoms with Crippen LogP contribution >= 0.6 is 25.3 Å². The van der Waals surface area contributed by atoms with Crippen LogP contribution in [0.5, 0.6) is 11.5 Å². The maximum atomic E-state index is 15.4. The lowest BCUT2D eigenvalue weighted by atomic mass is 10.0. The van der Waals surface area contributed by atoms with Crippen molar-refractivity contribution < 1.29 is 27.7 Å². The molecule has 0 unspecified atom stereocenters. The van der Waals surface area contributed by atoms with Crippen LogP contribution < -0.4 is 9.47 Å². The molecule has 0 saturated carbocycles. The molecule has 0 bridgehead atoms. The normalized spacial score (nSPS) is 12.9. The van der Waals surface area contributed by atoms with Gasteiger partial charge in [-0.3, -0.25) is 8.63 Å². The number of aliphatic imine (C=N–C) groups is 2. The number of rotatable bonds is 10. The first kappa shape index (κ1) is 38.1. The predicted molar refractivity (Wildman–Crippen MR) is 230 cm³/mol. The molecule has 12 heteroatoms. The molecule has 1 aromatic heterocycles. The van der Waals surface area contributed by atoms with Gasteiger partial charge in [0.1, 0.15) is 17.3 Å². The number of esters is 2. The van der Waals surface area contributed by atoms with Gasteiger partial charge in [-0.1, -0.05) is 84.9 Å². The second-order valence-corrected chi connectivity index (χ2v) is 14.0. The average Bonchev–Trinajstić information content (AvgIpc) is 3.85. The molecule has 7 nitrogen and oxygen atoms in total. The Morgan fingerprint density at radius 2 is 1.07 bits per heavy atom. The zero-order chi connectivity index (χ0) is 40.2. The number of benzene rings is 6. The van der Waals surface area contributed by atoms with Crippen LogP contribution in [0.25, 0.3) is 28.0 Å². The molecule has 7 aromatic rings. The average molecular weight is 802 g/mol. The third-order valence-corrected chi connectivity index (χ3v) is 10.1. The third-order valence-electron chi connectivity index (χ3n) is 9.30. The number of hydrogen-bond donors (Lipinski definition) is 2. The van der Waals surface area contributed by atoms with Gasteiger partial charge in [-0.05, 0) is 102 Å². The van der Waals surface area contributed by atoms with Gasteiger partial charge >= 0.3 is 19.3 Å². The Morgan fingerprint density at radius 3 is 1.59 bits per heavy atom. The number of carbonyl (C=O) groups is 2. The Hall–Kier alpha value is -6.76. The molecule has 0 fully saturated rings. The van der Waals surface area contributed by atoms with Crippen molar-refractivity contribution in [1.29, 1.82) is 0 Å². The Labute approximate surface area is 344 Å². The van der Waals surface area contributed by atoms with Crippen LogP contribution in [0.2, 0.25) is 0 Å². The van der Waals surface area contributed by atoms with E-state index in [0.717, 1.165) is 10.0 Å². The second kappa shape index (κ2) is 16.8. The van der Waals surface area contributed by atoms with E-state index in [2.05, 4.69) is 25.3 Å². The summed E-state index contributed by atoms with van der Waals surface area (Å²) in [4.78, 5) is 36.4. The van der Waals surface area contributed by atoms with Crippen molar-refractivity contribution in [3.63, 3.8) is 0 Å². The molecule has 282 valence electrons. The molecule has 58 heavy (non-hydrogen) atoms. The number of nitrogens with zero attached hydrogens (tertiary/aromatic N) is 3. The third kappa shape index (κ3) is 8.06. The Balaban J connectivity index is 1.18. The van der Waals surface area contributed by atoms with E-state index in [1.54, 1.807) is 103 Å². The van der Waals surface area contributed by atoms with Gasteiger partial charge in [-0.25, -0.2) is 19.6 Å². The van der Waals surface area contributed by atoms with Gasteiger partial charge in [0.15, 0.2) is 5.84 Å². The van der Waals surface area contributed by atoms with Crippen LogP contribution in [0.15, 0.2) is 190 Å². The highest BCUT2D eigenvalue weighted by Gasteiger charge is 2.30. The van der Waals surface area contributed by atoms with Crippen molar-refractivity contribution in [3.05, 3.63) is 192 Å². The number of ether oxygens (including phenoxy) is 2. The molecule has 0 N–H and O–H groups in total. The van der Waals surface area contributed by atoms with E-state index in [4.69, 9.17) is 19.5 Å². The lowest BCUT2D eigenvalue weighted by Gasteiger charge is -2.11. The molecule has 0 atom stereocenters. The van der Waals surface area contributed by atoms with Crippen LogP contribution in [-0.4, -0.2) is 35.4 Å². The number of hydrogen-bond acceptors (Lipinski definition) is 7.